The molecule has 0 saturated carbocycles. The Morgan fingerprint density at radius 1 is 1.16 bits per heavy atom. The Balaban J connectivity index is 1.44. The second-order valence-corrected chi connectivity index (χ2v) is 11.0. The molecular formula is C21H22ClN3O4S2. The number of nitrogens with zero attached hydrogens (tertiary/aromatic N) is 2. The summed E-state index contributed by atoms with van der Waals surface area (Å²) in [6.07, 6.45) is 0.872. The minimum Gasteiger partial charge on any atom is -0.326 e. The third kappa shape index (κ3) is 4.27. The first-order chi connectivity index (χ1) is 14.7. The predicted octanol–water partition coefficient (Wildman–Crippen LogP) is 3.60. The largest absolute Gasteiger partial charge is 0.326 e. The standard InChI is InChI=1S/C21H22ClN3O4S2/c1-13-3-4-15(11-17(13)22)23-20(26)14-7-9-25(10-8-14)31(28,29)16-5-6-18-19(12-16)30-21(27)24(18)2/h3-6,11-12,14H,7-10H2,1-2H3,(H,23,26). The van der Waals surface area contributed by atoms with Crippen molar-refractivity contribution in [2.45, 2.75) is 24.7 Å². The molecule has 0 unspecified atom stereocenters. The highest BCUT2D eigenvalue weighted by Crippen LogP contribution is 2.28. The first kappa shape index (κ1) is 22.0. The van der Waals surface area contributed by atoms with Crippen LogP contribution in [0, 0.1) is 12.8 Å². The van der Waals surface area contributed by atoms with Crippen LogP contribution in [0.1, 0.15) is 18.4 Å². The van der Waals surface area contributed by atoms with Gasteiger partial charge in [-0.1, -0.05) is 29.0 Å². The van der Waals surface area contributed by atoms with Crippen LogP contribution in [-0.4, -0.2) is 36.3 Å². The Morgan fingerprint density at radius 3 is 2.55 bits per heavy atom. The first-order valence-electron chi connectivity index (χ1n) is 9.83. The molecule has 0 spiro atoms. The maximum absolute atomic E-state index is 13.1. The summed E-state index contributed by atoms with van der Waals surface area (Å²) in [4.78, 5) is 24.5. The quantitative estimate of drug-likeness (QED) is 0.619. The fourth-order valence-corrected chi connectivity index (χ4v) is 6.37. The van der Waals surface area contributed by atoms with E-state index in [4.69, 9.17) is 11.6 Å². The van der Waals surface area contributed by atoms with Gasteiger partial charge in [0.15, 0.2) is 0 Å². The Labute approximate surface area is 189 Å². The Morgan fingerprint density at radius 2 is 1.87 bits per heavy atom. The van der Waals surface area contributed by atoms with E-state index in [1.54, 1.807) is 31.3 Å². The van der Waals surface area contributed by atoms with Crippen LogP contribution >= 0.6 is 22.9 Å². The molecule has 0 bridgehead atoms. The summed E-state index contributed by atoms with van der Waals surface area (Å²) in [5.74, 6) is -0.402. The van der Waals surface area contributed by atoms with Gasteiger partial charge in [0, 0.05) is 36.8 Å². The SMILES string of the molecule is Cc1ccc(NC(=O)C2CCN(S(=O)(=O)c3ccc4c(c3)sc(=O)n4C)CC2)cc1Cl. The molecule has 1 amide bonds. The van der Waals surface area contributed by atoms with E-state index in [0.717, 1.165) is 16.9 Å². The fraction of sp³-hybridized carbons (Fsp3) is 0.333. The zero-order valence-electron chi connectivity index (χ0n) is 17.1. The number of hydrogen-bond acceptors (Lipinski definition) is 5. The molecule has 0 atom stereocenters. The minimum atomic E-state index is -3.70. The van der Waals surface area contributed by atoms with Crippen molar-refractivity contribution in [2.75, 3.05) is 18.4 Å². The van der Waals surface area contributed by atoms with Gasteiger partial charge in [0.25, 0.3) is 0 Å². The lowest BCUT2D eigenvalue weighted by molar-refractivity contribution is -0.120. The van der Waals surface area contributed by atoms with Crippen LogP contribution < -0.4 is 10.2 Å². The molecule has 0 radical (unpaired) electrons. The van der Waals surface area contributed by atoms with Crippen LogP contribution in [-0.2, 0) is 21.9 Å². The molecule has 1 aliphatic rings. The number of hydrogen-bond donors (Lipinski definition) is 1. The van der Waals surface area contributed by atoms with Gasteiger partial charge in [-0.25, -0.2) is 8.42 Å². The number of rotatable bonds is 4. The average Bonchev–Trinajstić information content (AvgIpc) is 3.04. The van der Waals surface area contributed by atoms with Gasteiger partial charge < -0.3 is 9.88 Å². The summed E-state index contributed by atoms with van der Waals surface area (Å²) >= 11 is 7.14. The number of aromatic nitrogens is 1. The van der Waals surface area contributed by atoms with Crippen LogP contribution in [0.15, 0.2) is 46.1 Å². The maximum Gasteiger partial charge on any atom is 0.307 e. The number of nitrogens with one attached hydrogen (secondary N) is 1. The summed E-state index contributed by atoms with van der Waals surface area (Å²) in [6, 6.07) is 10.1. The smallest absolute Gasteiger partial charge is 0.307 e. The molecule has 1 N–H and O–H groups in total. The highest BCUT2D eigenvalue weighted by atomic mass is 35.5. The number of halogens is 1. The maximum atomic E-state index is 13.1. The number of fused-ring (bicyclic) bond motifs is 1. The summed E-state index contributed by atoms with van der Waals surface area (Å²) < 4.78 is 29.7. The molecule has 164 valence electrons. The van der Waals surface area contributed by atoms with Crippen molar-refractivity contribution in [2.24, 2.45) is 13.0 Å². The van der Waals surface area contributed by atoms with E-state index >= 15 is 0 Å². The van der Waals surface area contributed by atoms with Gasteiger partial charge in [-0.2, -0.15) is 4.31 Å². The number of piperidine rings is 1. The van der Waals surface area contributed by atoms with Gasteiger partial charge in [-0.3, -0.25) is 9.59 Å². The van der Waals surface area contributed by atoms with Crippen LogP contribution in [0.3, 0.4) is 0 Å². The second-order valence-electron chi connectivity index (χ2n) is 7.69. The van der Waals surface area contributed by atoms with Crippen LogP contribution in [0.4, 0.5) is 5.69 Å². The van der Waals surface area contributed by atoms with Gasteiger partial charge in [-0.15, -0.1) is 0 Å². The lowest BCUT2D eigenvalue weighted by atomic mass is 9.97. The molecule has 4 rings (SSSR count). The Hall–Kier alpha value is -2.20. The second kappa shape index (κ2) is 8.38. The molecule has 3 aromatic rings. The monoisotopic (exact) mass is 479 g/mol. The number of benzene rings is 2. The number of anilines is 1. The van der Waals surface area contributed by atoms with Gasteiger partial charge in [-0.05, 0) is 55.7 Å². The summed E-state index contributed by atoms with van der Waals surface area (Å²) in [5, 5.41) is 3.45. The van der Waals surface area contributed by atoms with E-state index in [2.05, 4.69) is 5.32 Å². The summed E-state index contributed by atoms with van der Waals surface area (Å²) in [6.45, 7) is 2.41. The van der Waals surface area contributed by atoms with Gasteiger partial charge in [0.05, 0.1) is 15.1 Å². The van der Waals surface area contributed by atoms with E-state index in [1.165, 1.54) is 14.9 Å². The van der Waals surface area contributed by atoms with Crippen molar-refractivity contribution in [1.29, 1.82) is 0 Å². The van der Waals surface area contributed by atoms with Gasteiger partial charge >= 0.3 is 4.87 Å². The molecule has 2 heterocycles. The molecule has 1 aromatic heterocycles. The van der Waals surface area contributed by atoms with E-state index in [1.807, 2.05) is 13.0 Å². The zero-order chi connectivity index (χ0) is 22.3. The van der Waals surface area contributed by atoms with E-state index in [0.29, 0.717) is 33.8 Å². The number of carbonyl (C=O) groups excluding carboxylic acids is 1. The minimum absolute atomic E-state index is 0.132. The molecule has 0 aliphatic carbocycles. The lowest BCUT2D eigenvalue weighted by Gasteiger charge is -2.30. The third-order valence-corrected chi connectivity index (χ3v) is 8.96. The van der Waals surface area contributed by atoms with Crippen molar-refractivity contribution in [3.05, 3.63) is 56.7 Å². The number of aryl methyl sites for hydroxylation is 2. The Bertz CT molecular complexity index is 1320. The van der Waals surface area contributed by atoms with Crippen molar-refractivity contribution in [3.63, 3.8) is 0 Å². The average molecular weight is 480 g/mol. The van der Waals surface area contributed by atoms with E-state index < -0.39 is 10.0 Å². The third-order valence-electron chi connectivity index (χ3n) is 5.67. The van der Waals surface area contributed by atoms with Crippen LogP contribution in [0.2, 0.25) is 5.02 Å². The molecule has 1 aliphatic heterocycles. The van der Waals surface area contributed by atoms with Crippen LogP contribution in [0.25, 0.3) is 10.2 Å². The van der Waals surface area contributed by atoms with Gasteiger partial charge in [0.2, 0.25) is 15.9 Å². The molecule has 7 nitrogen and oxygen atoms in total. The zero-order valence-corrected chi connectivity index (χ0v) is 19.5. The normalized spacial score (nSPS) is 16.0. The van der Waals surface area contributed by atoms with E-state index in [9.17, 15) is 18.0 Å². The summed E-state index contributed by atoms with van der Waals surface area (Å²) in [5.41, 5.74) is 2.27. The van der Waals surface area contributed by atoms with Crippen molar-refractivity contribution in [1.82, 2.24) is 8.87 Å². The van der Waals surface area contributed by atoms with Gasteiger partial charge in [0.1, 0.15) is 0 Å². The first-order valence-corrected chi connectivity index (χ1v) is 12.5. The number of thiazole rings is 1. The number of sulfonamides is 1. The predicted molar refractivity (Wildman–Crippen MR) is 123 cm³/mol. The molecule has 1 saturated heterocycles. The topological polar surface area (TPSA) is 88.5 Å². The van der Waals surface area contributed by atoms with Crippen LogP contribution in [0.5, 0.6) is 0 Å². The number of amides is 1. The molecule has 10 heteroatoms. The number of carbonyl (C=O) groups is 1. The lowest BCUT2D eigenvalue weighted by Crippen LogP contribution is -2.41. The van der Waals surface area contributed by atoms with Crippen molar-refractivity contribution in [3.8, 4) is 0 Å². The van der Waals surface area contributed by atoms with Crippen molar-refractivity contribution >= 4 is 54.8 Å². The molecule has 2 aromatic carbocycles. The fourth-order valence-electron chi connectivity index (χ4n) is 3.70. The summed E-state index contributed by atoms with van der Waals surface area (Å²) in [7, 11) is -2.03. The highest BCUT2D eigenvalue weighted by Gasteiger charge is 2.32. The van der Waals surface area contributed by atoms with Crippen molar-refractivity contribution < 1.29 is 13.2 Å². The highest BCUT2D eigenvalue weighted by molar-refractivity contribution is 7.89. The van der Waals surface area contributed by atoms with E-state index in [-0.39, 0.29) is 34.7 Å². The Kier molecular flexibility index (Phi) is 5.95. The molecule has 1 fully saturated rings. The molecule has 31 heavy (non-hydrogen) atoms. The molecular weight excluding hydrogens is 458 g/mol.